The van der Waals surface area contributed by atoms with Gasteiger partial charge in [-0.2, -0.15) is 13.2 Å². The summed E-state index contributed by atoms with van der Waals surface area (Å²) in [5.74, 6) is 0. The first-order valence-electron chi connectivity index (χ1n) is 4.98. The second kappa shape index (κ2) is 5.29. The molecular weight excluding hydrogens is 281 g/mol. The minimum absolute atomic E-state index is 0.103. The summed E-state index contributed by atoms with van der Waals surface area (Å²) in [7, 11) is 0. The zero-order valence-electron chi connectivity index (χ0n) is 9.07. The number of benzene rings is 1. The van der Waals surface area contributed by atoms with E-state index in [4.69, 9.17) is 5.73 Å². The normalized spacial score (nSPS) is 11.8. The van der Waals surface area contributed by atoms with Gasteiger partial charge in [-0.1, -0.05) is 17.8 Å². The molecule has 2 nitrogen and oxygen atoms in total. The predicted octanol–water partition coefficient (Wildman–Crippen LogP) is 3.77. The lowest BCUT2D eigenvalue weighted by molar-refractivity contribution is -0.138. The van der Waals surface area contributed by atoms with E-state index >= 15 is 0 Å². The number of thiazole rings is 1. The summed E-state index contributed by atoms with van der Waals surface area (Å²) in [5, 5.41) is 1.78. The second-order valence-corrected chi connectivity index (χ2v) is 5.64. The maximum Gasteiger partial charge on any atom is 0.416 e. The average Bonchev–Trinajstić information content (AvgIpc) is 2.80. The van der Waals surface area contributed by atoms with Crippen LogP contribution in [0.25, 0.3) is 0 Å². The highest BCUT2D eigenvalue weighted by molar-refractivity contribution is 8.01. The first kappa shape index (κ1) is 13.4. The van der Waals surface area contributed by atoms with Crippen molar-refractivity contribution in [1.82, 2.24) is 4.98 Å². The van der Waals surface area contributed by atoms with Crippen molar-refractivity contribution in [2.24, 2.45) is 5.73 Å². The standard InChI is InChI=1S/C11H9F3N2S2/c12-11(13,14)9-5-8(2-1-7(9)6-15)18-10-16-3-4-17-10/h1-5H,6,15H2. The number of nitrogens with two attached hydrogens (primary N) is 1. The number of nitrogens with zero attached hydrogens (tertiary/aromatic N) is 1. The fourth-order valence-corrected chi connectivity index (χ4v) is 3.06. The van der Waals surface area contributed by atoms with Crippen LogP contribution < -0.4 is 5.73 Å². The van der Waals surface area contributed by atoms with E-state index in [0.717, 1.165) is 6.07 Å². The summed E-state index contributed by atoms with van der Waals surface area (Å²) < 4.78 is 39.2. The average molecular weight is 290 g/mol. The number of rotatable bonds is 3. The van der Waals surface area contributed by atoms with Crippen LogP contribution in [-0.2, 0) is 12.7 Å². The van der Waals surface area contributed by atoms with E-state index in [2.05, 4.69) is 4.98 Å². The molecule has 0 radical (unpaired) electrons. The molecule has 1 heterocycles. The van der Waals surface area contributed by atoms with Crippen molar-refractivity contribution in [3.05, 3.63) is 40.9 Å². The molecular formula is C11H9F3N2S2. The van der Waals surface area contributed by atoms with Crippen molar-refractivity contribution in [3.63, 3.8) is 0 Å². The minimum atomic E-state index is -4.38. The maximum atomic E-state index is 12.8. The summed E-state index contributed by atoms with van der Waals surface area (Å²) >= 11 is 2.60. The van der Waals surface area contributed by atoms with Crippen molar-refractivity contribution in [2.45, 2.75) is 22.0 Å². The van der Waals surface area contributed by atoms with Crippen molar-refractivity contribution in [1.29, 1.82) is 0 Å². The van der Waals surface area contributed by atoms with Crippen LogP contribution in [0.2, 0.25) is 0 Å². The van der Waals surface area contributed by atoms with Gasteiger partial charge in [-0.25, -0.2) is 4.98 Å². The fourth-order valence-electron chi connectivity index (χ4n) is 1.42. The quantitative estimate of drug-likeness (QED) is 0.935. The number of hydrogen-bond acceptors (Lipinski definition) is 4. The predicted molar refractivity (Wildman–Crippen MR) is 65.6 cm³/mol. The van der Waals surface area contributed by atoms with Gasteiger partial charge in [0.2, 0.25) is 0 Å². The smallest absolute Gasteiger partial charge is 0.326 e. The van der Waals surface area contributed by atoms with Gasteiger partial charge in [0.1, 0.15) is 0 Å². The van der Waals surface area contributed by atoms with Gasteiger partial charge in [-0.3, -0.25) is 0 Å². The lowest BCUT2D eigenvalue weighted by Gasteiger charge is -2.12. The third kappa shape index (κ3) is 3.04. The Labute approximate surface area is 110 Å². The van der Waals surface area contributed by atoms with Crippen molar-refractivity contribution < 1.29 is 13.2 Å². The molecule has 18 heavy (non-hydrogen) atoms. The fraction of sp³-hybridized carbons (Fsp3) is 0.182. The van der Waals surface area contributed by atoms with E-state index in [1.54, 1.807) is 17.6 Å². The zero-order chi connectivity index (χ0) is 13.2. The zero-order valence-corrected chi connectivity index (χ0v) is 10.7. The van der Waals surface area contributed by atoms with Crippen LogP contribution in [0.4, 0.5) is 13.2 Å². The van der Waals surface area contributed by atoms with Crippen molar-refractivity contribution in [3.8, 4) is 0 Å². The lowest BCUT2D eigenvalue weighted by atomic mass is 10.1. The molecule has 0 atom stereocenters. The molecule has 0 aliphatic carbocycles. The van der Waals surface area contributed by atoms with Gasteiger partial charge in [0.05, 0.1) is 5.56 Å². The summed E-state index contributed by atoms with van der Waals surface area (Å²) in [6.45, 7) is -0.128. The Kier molecular flexibility index (Phi) is 3.94. The van der Waals surface area contributed by atoms with Crippen LogP contribution in [0.1, 0.15) is 11.1 Å². The molecule has 0 unspecified atom stereocenters. The minimum Gasteiger partial charge on any atom is -0.326 e. The summed E-state index contributed by atoms with van der Waals surface area (Å²) in [6.07, 6.45) is -2.76. The first-order chi connectivity index (χ1) is 8.50. The largest absolute Gasteiger partial charge is 0.416 e. The van der Waals surface area contributed by atoms with Gasteiger partial charge in [0, 0.05) is 23.0 Å². The van der Waals surface area contributed by atoms with Gasteiger partial charge in [-0.05, 0) is 17.7 Å². The van der Waals surface area contributed by atoms with E-state index in [1.807, 2.05) is 0 Å². The molecule has 0 aliphatic rings. The molecule has 1 aromatic heterocycles. The van der Waals surface area contributed by atoms with Gasteiger partial charge >= 0.3 is 6.18 Å². The van der Waals surface area contributed by atoms with Gasteiger partial charge in [0.25, 0.3) is 0 Å². The van der Waals surface area contributed by atoms with Gasteiger partial charge < -0.3 is 5.73 Å². The maximum absolute atomic E-state index is 12.8. The van der Waals surface area contributed by atoms with Crippen LogP contribution in [0.5, 0.6) is 0 Å². The van der Waals surface area contributed by atoms with E-state index in [1.165, 1.54) is 29.2 Å². The molecule has 0 saturated carbocycles. The lowest BCUT2D eigenvalue weighted by Crippen LogP contribution is -2.11. The van der Waals surface area contributed by atoms with Crippen LogP contribution in [0, 0.1) is 0 Å². The number of hydrogen-bond donors (Lipinski definition) is 1. The monoisotopic (exact) mass is 290 g/mol. The SMILES string of the molecule is NCc1ccc(Sc2nccs2)cc1C(F)(F)F. The molecule has 2 N–H and O–H groups in total. The Morgan fingerprint density at radius 2 is 2.11 bits per heavy atom. The Bertz CT molecular complexity index is 524. The molecule has 0 amide bonds. The molecule has 0 bridgehead atoms. The molecule has 0 aliphatic heterocycles. The first-order valence-corrected chi connectivity index (χ1v) is 6.68. The third-order valence-electron chi connectivity index (χ3n) is 2.22. The van der Waals surface area contributed by atoms with Gasteiger partial charge in [-0.15, -0.1) is 11.3 Å². The number of halogens is 3. The van der Waals surface area contributed by atoms with Crippen molar-refractivity contribution >= 4 is 23.1 Å². The van der Waals surface area contributed by atoms with Crippen LogP contribution >= 0.6 is 23.1 Å². The van der Waals surface area contributed by atoms with Gasteiger partial charge in [0.15, 0.2) is 4.34 Å². The Morgan fingerprint density at radius 3 is 2.67 bits per heavy atom. The molecule has 0 fully saturated rings. The van der Waals surface area contributed by atoms with E-state index in [0.29, 0.717) is 9.24 Å². The Balaban J connectivity index is 2.34. The number of aromatic nitrogens is 1. The molecule has 96 valence electrons. The Hall–Kier alpha value is -1.05. The molecule has 0 saturated heterocycles. The molecule has 2 aromatic rings. The summed E-state index contributed by atoms with van der Waals surface area (Å²) in [4.78, 5) is 4.53. The highest BCUT2D eigenvalue weighted by atomic mass is 32.2. The van der Waals surface area contributed by atoms with Crippen molar-refractivity contribution in [2.75, 3.05) is 0 Å². The molecule has 1 aromatic carbocycles. The molecule has 7 heteroatoms. The van der Waals surface area contributed by atoms with Crippen LogP contribution in [0.3, 0.4) is 0 Å². The van der Waals surface area contributed by atoms with Crippen LogP contribution in [0.15, 0.2) is 39.0 Å². The summed E-state index contributed by atoms with van der Waals surface area (Å²) in [5.41, 5.74) is 4.74. The molecule has 2 rings (SSSR count). The Morgan fingerprint density at radius 1 is 1.33 bits per heavy atom. The molecule has 0 spiro atoms. The van der Waals surface area contributed by atoms with E-state index in [-0.39, 0.29) is 12.1 Å². The third-order valence-corrected chi connectivity index (χ3v) is 4.09. The second-order valence-electron chi connectivity index (χ2n) is 3.42. The van der Waals surface area contributed by atoms with E-state index < -0.39 is 11.7 Å². The number of alkyl halides is 3. The topological polar surface area (TPSA) is 38.9 Å². The van der Waals surface area contributed by atoms with Crippen LogP contribution in [-0.4, -0.2) is 4.98 Å². The summed E-state index contributed by atoms with van der Waals surface area (Å²) in [6, 6.07) is 4.16. The van der Waals surface area contributed by atoms with E-state index in [9.17, 15) is 13.2 Å². The highest BCUT2D eigenvalue weighted by Gasteiger charge is 2.33. The highest BCUT2D eigenvalue weighted by Crippen LogP contribution is 2.36.